The van der Waals surface area contributed by atoms with Crippen molar-refractivity contribution in [3.63, 3.8) is 0 Å². The zero-order valence-electron chi connectivity index (χ0n) is 16.8. The lowest BCUT2D eigenvalue weighted by Crippen LogP contribution is -2.49. The molecule has 3 aromatic rings. The van der Waals surface area contributed by atoms with Gasteiger partial charge in [0.1, 0.15) is 5.82 Å². The Balaban J connectivity index is 1.37. The predicted octanol–water partition coefficient (Wildman–Crippen LogP) is 1.88. The molecule has 1 saturated heterocycles. The molecule has 8 heteroatoms. The van der Waals surface area contributed by atoms with E-state index in [9.17, 15) is 9.59 Å². The van der Waals surface area contributed by atoms with E-state index >= 15 is 0 Å². The molecule has 8 nitrogen and oxygen atoms in total. The van der Waals surface area contributed by atoms with E-state index in [4.69, 9.17) is 4.98 Å². The van der Waals surface area contributed by atoms with Gasteiger partial charge in [0.15, 0.2) is 0 Å². The Morgan fingerprint density at radius 1 is 0.933 bits per heavy atom. The highest BCUT2D eigenvalue weighted by Gasteiger charge is 2.24. The fourth-order valence-electron chi connectivity index (χ4n) is 4.30. The highest BCUT2D eigenvalue weighted by molar-refractivity contribution is 5.97. The van der Waals surface area contributed by atoms with Gasteiger partial charge >= 0.3 is 0 Å². The van der Waals surface area contributed by atoms with Gasteiger partial charge in [0, 0.05) is 57.1 Å². The lowest BCUT2D eigenvalue weighted by molar-refractivity contribution is 0.0746. The molecule has 1 fully saturated rings. The van der Waals surface area contributed by atoms with E-state index in [0.29, 0.717) is 48.6 Å². The Kier molecular flexibility index (Phi) is 4.90. The van der Waals surface area contributed by atoms with E-state index in [1.54, 1.807) is 36.7 Å². The average Bonchev–Trinajstić information content (AvgIpc) is 3.05. The lowest BCUT2D eigenvalue weighted by atomic mass is 10.1. The van der Waals surface area contributed by atoms with E-state index in [0.717, 1.165) is 38.1 Å². The van der Waals surface area contributed by atoms with Gasteiger partial charge in [0.2, 0.25) is 5.95 Å². The van der Waals surface area contributed by atoms with Crippen LogP contribution in [-0.2, 0) is 13.0 Å². The number of hydrogen-bond acceptors (Lipinski definition) is 6. The molecular formula is C22H24N6O2. The number of aromatic nitrogens is 4. The van der Waals surface area contributed by atoms with E-state index in [-0.39, 0.29) is 11.5 Å². The summed E-state index contributed by atoms with van der Waals surface area (Å²) in [6.45, 7) is 3.32. The summed E-state index contributed by atoms with van der Waals surface area (Å²) in [5, 5.41) is 0.586. The first-order valence-corrected chi connectivity index (χ1v) is 10.6. The van der Waals surface area contributed by atoms with Crippen molar-refractivity contribution in [2.45, 2.75) is 32.2 Å². The Bertz CT molecular complexity index is 1140. The van der Waals surface area contributed by atoms with Gasteiger partial charge in [-0.25, -0.2) is 15.0 Å². The Morgan fingerprint density at radius 3 is 2.53 bits per heavy atom. The van der Waals surface area contributed by atoms with E-state index in [2.05, 4.69) is 14.9 Å². The van der Waals surface area contributed by atoms with Gasteiger partial charge in [-0.2, -0.15) is 0 Å². The molecular weight excluding hydrogens is 380 g/mol. The molecule has 0 unspecified atom stereocenters. The number of fused-ring (bicyclic) bond motifs is 2. The first kappa shape index (κ1) is 18.7. The molecule has 2 aromatic heterocycles. The molecule has 0 N–H and O–H groups in total. The van der Waals surface area contributed by atoms with Gasteiger partial charge in [-0.3, -0.25) is 14.2 Å². The average molecular weight is 404 g/mol. The van der Waals surface area contributed by atoms with Crippen molar-refractivity contribution in [3.05, 3.63) is 58.4 Å². The molecule has 5 rings (SSSR count). The van der Waals surface area contributed by atoms with Gasteiger partial charge in [-0.15, -0.1) is 0 Å². The SMILES string of the molecule is O=C(c1ccc2c(=O)n3c(nc2c1)CCCCC3)N1CCN(c2ncccn2)CC1. The van der Waals surface area contributed by atoms with Crippen molar-refractivity contribution in [2.75, 3.05) is 31.1 Å². The van der Waals surface area contributed by atoms with Crippen LogP contribution in [0.5, 0.6) is 0 Å². The molecule has 2 aliphatic heterocycles. The van der Waals surface area contributed by atoms with Crippen LogP contribution in [0.15, 0.2) is 41.5 Å². The quantitative estimate of drug-likeness (QED) is 0.648. The fourth-order valence-corrected chi connectivity index (χ4v) is 4.30. The topological polar surface area (TPSA) is 84.2 Å². The lowest BCUT2D eigenvalue weighted by Gasteiger charge is -2.34. The number of amides is 1. The van der Waals surface area contributed by atoms with Crippen LogP contribution >= 0.6 is 0 Å². The molecule has 0 atom stereocenters. The zero-order valence-corrected chi connectivity index (χ0v) is 16.8. The summed E-state index contributed by atoms with van der Waals surface area (Å²) in [7, 11) is 0. The number of anilines is 1. The van der Waals surface area contributed by atoms with Crippen molar-refractivity contribution in [1.82, 2.24) is 24.4 Å². The number of benzene rings is 1. The summed E-state index contributed by atoms with van der Waals surface area (Å²) in [6, 6.07) is 7.08. The van der Waals surface area contributed by atoms with E-state index < -0.39 is 0 Å². The van der Waals surface area contributed by atoms with Gasteiger partial charge in [-0.05, 0) is 37.1 Å². The maximum absolute atomic E-state index is 13.1. The van der Waals surface area contributed by atoms with Crippen molar-refractivity contribution in [2.24, 2.45) is 0 Å². The largest absolute Gasteiger partial charge is 0.337 e. The molecule has 154 valence electrons. The molecule has 0 aliphatic carbocycles. The molecule has 0 bridgehead atoms. The summed E-state index contributed by atoms with van der Waals surface area (Å²) in [6.07, 6.45) is 7.44. The van der Waals surface area contributed by atoms with Crippen molar-refractivity contribution in [1.29, 1.82) is 0 Å². The summed E-state index contributed by atoms with van der Waals surface area (Å²) >= 11 is 0. The molecule has 0 spiro atoms. The second kappa shape index (κ2) is 7.85. The standard InChI is InChI=1S/C22H24N6O2/c29-20(26-11-13-27(14-12-26)22-23-8-4-9-24-22)16-6-7-17-18(15-16)25-19-5-2-1-3-10-28(19)21(17)30/h4,6-9,15H,1-3,5,10-14H2. The molecule has 2 aliphatic rings. The van der Waals surface area contributed by atoms with Gasteiger partial charge in [0.05, 0.1) is 10.9 Å². The van der Waals surface area contributed by atoms with Crippen LogP contribution in [0.25, 0.3) is 10.9 Å². The number of hydrogen-bond donors (Lipinski definition) is 0. The number of carbonyl (C=O) groups is 1. The third-order valence-electron chi connectivity index (χ3n) is 5.97. The minimum Gasteiger partial charge on any atom is -0.337 e. The molecule has 4 heterocycles. The number of piperazine rings is 1. The number of nitrogens with zero attached hydrogens (tertiary/aromatic N) is 6. The van der Waals surface area contributed by atoms with E-state index in [1.165, 1.54) is 0 Å². The highest BCUT2D eigenvalue weighted by Crippen LogP contribution is 2.18. The third-order valence-corrected chi connectivity index (χ3v) is 5.97. The first-order valence-electron chi connectivity index (χ1n) is 10.6. The normalized spacial score (nSPS) is 16.9. The molecule has 0 radical (unpaired) electrons. The molecule has 1 amide bonds. The van der Waals surface area contributed by atoms with Crippen LogP contribution in [0, 0.1) is 0 Å². The van der Waals surface area contributed by atoms with E-state index in [1.807, 2.05) is 9.47 Å². The summed E-state index contributed by atoms with van der Waals surface area (Å²) < 4.78 is 1.81. The minimum absolute atomic E-state index is 0.00683. The van der Waals surface area contributed by atoms with Crippen LogP contribution < -0.4 is 10.5 Å². The Hall–Kier alpha value is -3.29. The number of carbonyl (C=O) groups excluding carboxylic acids is 1. The van der Waals surface area contributed by atoms with Gasteiger partial charge < -0.3 is 9.80 Å². The summed E-state index contributed by atoms with van der Waals surface area (Å²) in [5.41, 5.74) is 1.21. The van der Waals surface area contributed by atoms with Crippen LogP contribution in [0.4, 0.5) is 5.95 Å². The minimum atomic E-state index is -0.0256. The zero-order chi connectivity index (χ0) is 20.5. The third kappa shape index (κ3) is 3.42. The van der Waals surface area contributed by atoms with Crippen LogP contribution in [-0.4, -0.2) is 56.5 Å². The Morgan fingerprint density at radius 2 is 1.73 bits per heavy atom. The predicted molar refractivity (Wildman–Crippen MR) is 114 cm³/mol. The fraction of sp³-hybridized carbons (Fsp3) is 0.409. The summed E-state index contributed by atoms with van der Waals surface area (Å²) in [5.74, 6) is 1.51. The summed E-state index contributed by atoms with van der Waals surface area (Å²) in [4.78, 5) is 43.2. The molecule has 0 saturated carbocycles. The Labute approximate surface area is 174 Å². The van der Waals surface area contributed by atoms with Crippen molar-refractivity contribution >= 4 is 22.8 Å². The molecule has 30 heavy (non-hydrogen) atoms. The maximum atomic E-state index is 13.1. The first-order chi connectivity index (χ1) is 14.7. The van der Waals surface area contributed by atoms with Crippen LogP contribution in [0.2, 0.25) is 0 Å². The monoisotopic (exact) mass is 404 g/mol. The van der Waals surface area contributed by atoms with Crippen molar-refractivity contribution in [3.8, 4) is 0 Å². The van der Waals surface area contributed by atoms with Gasteiger partial charge in [0.25, 0.3) is 11.5 Å². The van der Waals surface area contributed by atoms with Crippen LogP contribution in [0.3, 0.4) is 0 Å². The van der Waals surface area contributed by atoms with Crippen LogP contribution in [0.1, 0.15) is 35.4 Å². The van der Waals surface area contributed by atoms with Crippen molar-refractivity contribution < 1.29 is 4.79 Å². The number of aryl methyl sites for hydroxylation is 1. The van der Waals surface area contributed by atoms with Gasteiger partial charge in [-0.1, -0.05) is 6.42 Å². The second-order valence-corrected chi connectivity index (χ2v) is 7.86. The smallest absolute Gasteiger partial charge is 0.261 e. The number of rotatable bonds is 2. The molecule has 1 aromatic carbocycles. The highest BCUT2D eigenvalue weighted by atomic mass is 16.2. The maximum Gasteiger partial charge on any atom is 0.261 e. The second-order valence-electron chi connectivity index (χ2n) is 7.86.